The third kappa shape index (κ3) is 10.3. The summed E-state index contributed by atoms with van der Waals surface area (Å²) in [6, 6.07) is 0. The summed E-state index contributed by atoms with van der Waals surface area (Å²) in [4.78, 5) is 0. The molecule has 0 aromatic rings. The standard InChI is InChI=1S/C15H28O2/c1-14(10-7-5-6-8-13-16)11-9-12-15(2,3)17-4/h5-8,14,16H,9-13H2,1-4H3/b7-5+,8-6+. The Balaban J connectivity index is 3.63. The van der Waals surface area contributed by atoms with E-state index in [0.29, 0.717) is 5.92 Å². The molecule has 0 heterocycles. The van der Waals surface area contributed by atoms with E-state index in [9.17, 15) is 0 Å². The first kappa shape index (κ1) is 16.4. The predicted molar refractivity (Wildman–Crippen MR) is 74.1 cm³/mol. The van der Waals surface area contributed by atoms with E-state index in [0.717, 1.165) is 12.8 Å². The van der Waals surface area contributed by atoms with E-state index in [1.165, 1.54) is 12.8 Å². The highest BCUT2D eigenvalue weighted by Gasteiger charge is 2.15. The van der Waals surface area contributed by atoms with Crippen molar-refractivity contribution in [3.8, 4) is 0 Å². The highest BCUT2D eigenvalue weighted by Crippen LogP contribution is 2.20. The molecular weight excluding hydrogens is 212 g/mol. The first-order valence-corrected chi connectivity index (χ1v) is 6.49. The molecule has 0 aliphatic heterocycles. The lowest BCUT2D eigenvalue weighted by molar-refractivity contribution is 0.0128. The van der Waals surface area contributed by atoms with Gasteiger partial charge in [0, 0.05) is 7.11 Å². The predicted octanol–water partition coefficient (Wildman–Crippen LogP) is 3.71. The van der Waals surface area contributed by atoms with Crippen LogP contribution in [0, 0.1) is 5.92 Å². The zero-order valence-corrected chi connectivity index (χ0v) is 11.8. The molecule has 1 unspecified atom stereocenters. The largest absolute Gasteiger partial charge is 0.392 e. The zero-order valence-electron chi connectivity index (χ0n) is 11.8. The van der Waals surface area contributed by atoms with Gasteiger partial charge in [-0.2, -0.15) is 0 Å². The number of aliphatic hydroxyl groups is 1. The molecule has 0 aliphatic carbocycles. The van der Waals surface area contributed by atoms with Gasteiger partial charge in [-0.25, -0.2) is 0 Å². The van der Waals surface area contributed by atoms with E-state index in [-0.39, 0.29) is 12.2 Å². The maximum atomic E-state index is 8.56. The van der Waals surface area contributed by atoms with Gasteiger partial charge in [0.15, 0.2) is 0 Å². The molecule has 17 heavy (non-hydrogen) atoms. The smallest absolute Gasteiger partial charge is 0.0622 e. The third-order valence-corrected chi connectivity index (χ3v) is 3.06. The monoisotopic (exact) mass is 240 g/mol. The SMILES string of the molecule is COC(C)(C)CCCC(C)C/C=C/C=C/CO. The third-order valence-electron chi connectivity index (χ3n) is 3.06. The second-order valence-electron chi connectivity index (χ2n) is 5.24. The summed E-state index contributed by atoms with van der Waals surface area (Å²) in [6.45, 7) is 6.67. The Hall–Kier alpha value is -0.600. The second-order valence-corrected chi connectivity index (χ2v) is 5.24. The number of hydrogen-bond acceptors (Lipinski definition) is 2. The van der Waals surface area contributed by atoms with Crippen LogP contribution in [0.4, 0.5) is 0 Å². The summed E-state index contributed by atoms with van der Waals surface area (Å²) < 4.78 is 5.40. The molecule has 0 aromatic carbocycles. The first-order valence-electron chi connectivity index (χ1n) is 6.49. The maximum Gasteiger partial charge on any atom is 0.0622 e. The van der Waals surface area contributed by atoms with Crippen LogP contribution < -0.4 is 0 Å². The Morgan fingerprint density at radius 1 is 1.24 bits per heavy atom. The van der Waals surface area contributed by atoms with Crippen molar-refractivity contribution >= 4 is 0 Å². The fourth-order valence-corrected chi connectivity index (χ4v) is 1.63. The molecule has 0 spiro atoms. The van der Waals surface area contributed by atoms with Crippen molar-refractivity contribution in [1.82, 2.24) is 0 Å². The Bertz CT molecular complexity index is 229. The number of allylic oxidation sites excluding steroid dienone is 3. The molecule has 0 saturated carbocycles. The number of aliphatic hydroxyl groups excluding tert-OH is 1. The number of hydrogen-bond donors (Lipinski definition) is 1. The Morgan fingerprint density at radius 2 is 1.88 bits per heavy atom. The number of methoxy groups -OCH3 is 1. The van der Waals surface area contributed by atoms with Gasteiger partial charge in [0.2, 0.25) is 0 Å². The average Bonchev–Trinajstić information content (AvgIpc) is 2.28. The van der Waals surface area contributed by atoms with Crippen molar-refractivity contribution in [3.63, 3.8) is 0 Å². The van der Waals surface area contributed by atoms with Gasteiger partial charge >= 0.3 is 0 Å². The summed E-state index contributed by atoms with van der Waals surface area (Å²) in [5.74, 6) is 0.710. The minimum Gasteiger partial charge on any atom is -0.392 e. The van der Waals surface area contributed by atoms with Gasteiger partial charge in [-0.15, -0.1) is 0 Å². The zero-order chi connectivity index (χ0) is 13.1. The minimum atomic E-state index is 0.0133. The molecular formula is C15H28O2. The van der Waals surface area contributed by atoms with Crippen LogP contribution in [0.3, 0.4) is 0 Å². The van der Waals surface area contributed by atoms with Crippen LogP contribution in [-0.2, 0) is 4.74 Å². The van der Waals surface area contributed by atoms with Crippen LogP contribution >= 0.6 is 0 Å². The van der Waals surface area contributed by atoms with E-state index in [1.807, 2.05) is 12.2 Å². The molecule has 2 nitrogen and oxygen atoms in total. The lowest BCUT2D eigenvalue weighted by atomic mass is 9.95. The van der Waals surface area contributed by atoms with Crippen LogP contribution in [0.1, 0.15) is 46.5 Å². The molecule has 0 bridgehead atoms. The molecule has 0 radical (unpaired) electrons. The van der Waals surface area contributed by atoms with Crippen LogP contribution in [0.2, 0.25) is 0 Å². The van der Waals surface area contributed by atoms with Crippen LogP contribution in [0.25, 0.3) is 0 Å². The summed E-state index contributed by atoms with van der Waals surface area (Å²) in [7, 11) is 1.78. The summed E-state index contributed by atoms with van der Waals surface area (Å²) >= 11 is 0. The summed E-state index contributed by atoms with van der Waals surface area (Å²) in [5, 5.41) is 8.56. The molecule has 1 atom stereocenters. The van der Waals surface area contributed by atoms with E-state index >= 15 is 0 Å². The molecule has 0 aliphatic rings. The Kier molecular flexibility index (Phi) is 9.10. The fraction of sp³-hybridized carbons (Fsp3) is 0.733. The second kappa shape index (κ2) is 9.43. The molecule has 100 valence electrons. The van der Waals surface area contributed by atoms with Crippen molar-refractivity contribution in [2.24, 2.45) is 5.92 Å². The lowest BCUT2D eigenvalue weighted by Gasteiger charge is -2.23. The van der Waals surface area contributed by atoms with Gasteiger partial charge in [-0.1, -0.05) is 44.1 Å². The highest BCUT2D eigenvalue weighted by molar-refractivity contribution is 5.02. The summed E-state index contributed by atoms with van der Waals surface area (Å²) in [6.07, 6.45) is 12.5. The van der Waals surface area contributed by atoms with Gasteiger partial charge in [0.1, 0.15) is 0 Å². The van der Waals surface area contributed by atoms with E-state index in [2.05, 4.69) is 26.8 Å². The van der Waals surface area contributed by atoms with Crippen molar-refractivity contribution in [2.45, 2.75) is 52.1 Å². The van der Waals surface area contributed by atoms with Gasteiger partial charge in [-0.05, 0) is 32.6 Å². The topological polar surface area (TPSA) is 29.5 Å². The average molecular weight is 240 g/mol. The van der Waals surface area contributed by atoms with Gasteiger partial charge in [0.25, 0.3) is 0 Å². The molecule has 0 aromatic heterocycles. The number of ether oxygens (including phenoxy) is 1. The molecule has 0 saturated heterocycles. The minimum absolute atomic E-state index is 0.0133. The Morgan fingerprint density at radius 3 is 2.47 bits per heavy atom. The van der Waals surface area contributed by atoms with Gasteiger partial charge in [0.05, 0.1) is 12.2 Å². The van der Waals surface area contributed by atoms with E-state index < -0.39 is 0 Å². The van der Waals surface area contributed by atoms with Crippen molar-refractivity contribution in [1.29, 1.82) is 0 Å². The van der Waals surface area contributed by atoms with Crippen molar-refractivity contribution in [3.05, 3.63) is 24.3 Å². The number of rotatable bonds is 9. The van der Waals surface area contributed by atoms with Crippen LogP contribution in [-0.4, -0.2) is 24.4 Å². The lowest BCUT2D eigenvalue weighted by Crippen LogP contribution is -2.22. The quantitative estimate of drug-likeness (QED) is 0.622. The van der Waals surface area contributed by atoms with Crippen molar-refractivity contribution in [2.75, 3.05) is 13.7 Å². The van der Waals surface area contributed by atoms with E-state index in [1.54, 1.807) is 13.2 Å². The Labute approximate surface area is 106 Å². The van der Waals surface area contributed by atoms with Crippen molar-refractivity contribution < 1.29 is 9.84 Å². The summed E-state index contributed by atoms with van der Waals surface area (Å²) in [5.41, 5.74) is 0.0133. The molecule has 2 heteroatoms. The molecule has 0 amide bonds. The first-order chi connectivity index (χ1) is 8.02. The highest BCUT2D eigenvalue weighted by atomic mass is 16.5. The van der Waals surface area contributed by atoms with Crippen LogP contribution in [0.5, 0.6) is 0 Å². The van der Waals surface area contributed by atoms with Crippen LogP contribution in [0.15, 0.2) is 24.3 Å². The molecule has 0 rings (SSSR count). The van der Waals surface area contributed by atoms with Gasteiger partial charge in [-0.3, -0.25) is 0 Å². The molecule has 0 fully saturated rings. The molecule has 1 N–H and O–H groups in total. The van der Waals surface area contributed by atoms with Gasteiger partial charge < -0.3 is 9.84 Å². The maximum absolute atomic E-state index is 8.56. The normalized spacial score (nSPS) is 14.9. The van der Waals surface area contributed by atoms with E-state index in [4.69, 9.17) is 9.84 Å². The fourth-order valence-electron chi connectivity index (χ4n) is 1.63.